The van der Waals surface area contributed by atoms with Crippen molar-refractivity contribution in [3.05, 3.63) is 117 Å². The Balaban J connectivity index is 0.000000239. The Bertz CT molecular complexity index is 2750. The number of carboxylic acid groups (broad SMARTS) is 1. The van der Waals surface area contributed by atoms with Gasteiger partial charge in [-0.3, -0.25) is 9.59 Å². The van der Waals surface area contributed by atoms with Crippen molar-refractivity contribution in [2.45, 2.75) is 117 Å². The fourth-order valence-corrected chi connectivity index (χ4v) is 9.69. The number of ether oxygens (including phenoxy) is 3. The average Bonchev–Trinajstić information content (AvgIpc) is 3.88. The molecule has 7 rings (SSSR count). The van der Waals surface area contributed by atoms with E-state index in [1.54, 1.807) is 41.3 Å². The standard InChI is InChI=1S/C28H30F3N3O4.C26H29F3INO4/c1-17(2)34(26(35)19-6-4-18(3)5-7-19)24-10-9-21(15-22(24)27(36)37)38-25-11-8-20(33-13-12-32-16-33)14-23(25)28(29,30)31;1-15(2)31(24(32)17-7-5-16(3)6-8-17)22-11-10-19(14-20(22)25(33)34-4)35-23-12-9-18(30)13-21(23)26(27,28)29/h8-19H,4-7H2,1-3H3,(H,36,37);9-17H,5-8H2,1-4H3. The molecule has 4 aromatic carbocycles. The Labute approximate surface area is 434 Å². The van der Waals surface area contributed by atoms with E-state index in [0.717, 1.165) is 69.6 Å². The summed E-state index contributed by atoms with van der Waals surface area (Å²) in [6.45, 7) is 11.6. The van der Waals surface area contributed by atoms with Gasteiger partial charge in [0.15, 0.2) is 0 Å². The first-order valence-electron chi connectivity index (χ1n) is 24.1. The van der Waals surface area contributed by atoms with Crippen molar-refractivity contribution in [1.29, 1.82) is 0 Å². The number of nitrogens with zero attached hydrogens (tertiary/aromatic N) is 4. The number of amides is 2. The number of rotatable bonds is 13. The zero-order chi connectivity index (χ0) is 53.5. The van der Waals surface area contributed by atoms with Crippen LogP contribution in [0.5, 0.6) is 23.0 Å². The number of anilines is 2. The van der Waals surface area contributed by atoms with Crippen LogP contribution in [0.2, 0.25) is 0 Å². The normalized spacial score (nSPS) is 18.1. The highest BCUT2D eigenvalue weighted by Crippen LogP contribution is 2.43. The van der Waals surface area contributed by atoms with Gasteiger partial charge in [0.25, 0.3) is 0 Å². The second kappa shape index (κ2) is 23.8. The lowest BCUT2D eigenvalue weighted by Crippen LogP contribution is -2.43. The van der Waals surface area contributed by atoms with Crippen molar-refractivity contribution in [1.82, 2.24) is 9.55 Å². The van der Waals surface area contributed by atoms with Gasteiger partial charge in [-0.2, -0.15) is 26.3 Å². The molecule has 392 valence electrons. The number of esters is 1. The fraction of sp³-hybridized carbons (Fsp3) is 0.426. The average molecular weight is 1130 g/mol. The summed E-state index contributed by atoms with van der Waals surface area (Å²) in [6, 6.07) is 15.0. The second-order valence-electron chi connectivity index (χ2n) is 19.2. The van der Waals surface area contributed by atoms with Gasteiger partial charge in [-0.15, -0.1) is 0 Å². The summed E-state index contributed by atoms with van der Waals surface area (Å²) in [7, 11) is 1.21. The van der Waals surface area contributed by atoms with E-state index in [9.17, 15) is 50.6 Å². The summed E-state index contributed by atoms with van der Waals surface area (Å²) >= 11 is 1.80. The van der Waals surface area contributed by atoms with Crippen molar-refractivity contribution in [2.24, 2.45) is 23.7 Å². The van der Waals surface area contributed by atoms with Crippen LogP contribution in [0.3, 0.4) is 0 Å². The first kappa shape index (κ1) is 56.2. The smallest absolute Gasteiger partial charge is 0.420 e. The summed E-state index contributed by atoms with van der Waals surface area (Å²) < 4.78 is 100. The minimum atomic E-state index is -4.72. The third-order valence-electron chi connectivity index (χ3n) is 13.1. The third-order valence-corrected chi connectivity index (χ3v) is 13.8. The highest BCUT2D eigenvalue weighted by Gasteiger charge is 2.38. The van der Waals surface area contributed by atoms with Crippen LogP contribution in [0.25, 0.3) is 5.69 Å². The van der Waals surface area contributed by atoms with Crippen molar-refractivity contribution in [3.8, 4) is 28.7 Å². The first-order chi connectivity index (χ1) is 34.4. The van der Waals surface area contributed by atoms with Crippen LogP contribution in [-0.4, -0.2) is 57.6 Å². The topological polar surface area (TPSA) is 140 Å². The zero-order valence-corrected chi connectivity index (χ0v) is 43.7. The molecular formula is C54H59F6IN4O8. The van der Waals surface area contributed by atoms with Gasteiger partial charge in [0.1, 0.15) is 28.6 Å². The van der Waals surface area contributed by atoms with Gasteiger partial charge in [0.05, 0.1) is 41.5 Å². The Morgan fingerprint density at radius 3 is 1.53 bits per heavy atom. The third kappa shape index (κ3) is 13.9. The lowest BCUT2D eigenvalue weighted by atomic mass is 9.82. The summed E-state index contributed by atoms with van der Waals surface area (Å²) in [6.07, 6.45) is 1.86. The molecule has 1 aromatic heterocycles. The van der Waals surface area contributed by atoms with E-state index in [4.69, 9.17) is 14.2 Å². The number of hydrogen-bond acceptors (Lipinski definition) is 8. The molecule has 0 spiro atoms. The number of benzene rings is 4. The van der Waals surface area contributed by atoms with E-state index in [1.165, 1.54) is 89.9 Å². The van der Waals surface area contributed by atoms with Crippen LogP contribution < -0.4 is 19.3 Å². The van der Waals surface area contributed by atoms with E-state index >= 15 is 0 Å². The second-order valence-corrected chi connectivity index (χ2v) is 20.4. The molecule has 2 aliphatic rings. The lowest BCUT2D eigenvalue weighted by molar-refractivity contribution is -0.139. The Hall–Kier alpha value is -6.12. The van der Waals surface area contributed by atoms with E-state index in [0.29, 0.717) is 21.1 Å². The molecule has 0 unspecified atom stereocenters. The van der Waals surface area contributed by atoms with Gasteiger partial charge in [-0.1, -0.05) is 13.8 Å². The lowest BCUT2D eigenvalue weighted by Gasteiger charge is -2.34. The van der Waals surface area contributed by atoms with Crippen LogP contribution >= 0.6 is 22.6 Å². The minimum Gasteiger partial charge on any atom is -0.478 e. The van der Waals surface area contributed by atoms with Gasteiger partial charge in [-0.25, -0.2) is 14.6 Å². The minimum absolute atomic E-state index is 0.0310. The molecule has 0 atom stereocenters. The number of methoxy groups -OCH3 is 1. The number of alkyl halides is 6. The number of halogens is 7. The number of carbonyl (C=O) groups excluding carboxylic acids is 3. The van der Waals surface area contributed by atoms with Crippen LogP contribution in [0, 0.1) is 27.2 Å². The number of carbonyl (C=O) groups is 4. The molecular weight excluding hydrogens is 1070 g/mol. The summed E-state index contributed by atoms with van der Waals surface area (Å²) in [5, 5.41) is 9.96. The molecule has 1 N–H and O–H groups in total. The van der Waals surface area contributed by atoms with Crippen LogP contribution in [0.15, 0.2) is 91.5 Å². The molecule has 0 radical (unpaired) electrons. The SMILES string of the molecule is CC1CCC(C(=O)N(c2ccc(Oc3ccc(-n4ccnc4)cc3C(F)(F)F)cc2C(=O)O)C(C)C)CC1.COC(=O)c1cc(Oc2ccc(I)cc2C(F)(F)F)ccc1N(C(=O)C1CCC(C)CC1)C(C)C. The maximum atomic E-state index is 13.9. The number of carboxylic acids is 1. The van der Waals surface area contributed by atoms with E-state index in [-0.39, 0.29) is 75.5 Å². The predicted octanol–water partition coefficient (Wildman–Crippen LogP) is 14.4. The Kier molecular flexibility index (Phi) is 18.3. The van der Waals surface area contributed by atoms with Crippen molar-refractivity contribution in [3.63, 3.8) is 0 Å². The van der Waals surface area contributed by atoms with Gasteiger partial charge in [0.2, 0.25) is 11.8 Å². The van der Waals surface area contributed by atoms with E-state index < -0.39 is 41.2 Å². The quantitative estimate of drug-likeness (QED) is 0.0693. The molecule has 0 saturated heterocycles. The summed E-state index contributed by atoms with van der Waals surface area (Å²) in [4.78, 5) is 58.8. The van der Waals surface area contributed by atoms with E-state index in [1.807, 2.05) is 13.8 Å². The van der Waals surface area contributed by atoms with Crippen LogP contribution in [-0.2, 0) is 26.7 Å². The molecule has 2 saturated carbocycles. The molecule has 12 nitrogen and oxygen atoms in total. The number of imidazole rings is 1. The highest BCUT2D eigenvalue weighted by molar-refractivity contribution is 14.1. The maximum absolute atomic E-state index is 13.9. The van der Waals surface area contributed by atoms with Gasteiger partial charge < -0.3 is 33.7 Å². The first-order valence-corrected chi connectivity index (χ1v) is 25.1. The molecule has 5 aromatic rings. The molecule has 2 amide bonds. The maximum Gasteiger partial charge on any atom is 0.420 e. The van der Waals surface area contributed by atoms with Gasteiger partial charge in [-0.05, 0) is 186 Å². The molecule has 19 heteroatoms. The molecule has 0 bridgehead atoms. The number of hydrogen-bond donors (Lipinski definition) is 1. The Morgan fingerprint density at radius 2 is 1.11 bits per heavy atom. The monoisotopic (exact) mass is 1130 g/mol. The highest BCUT2D eigenvalue weighted by atomic mass is 127. The molecule has 2 aliphatic carbocycles. The predicted molar refractivity (Wildman–Crippen MR) is 272 cm³/mol. The van der Waals surface area contributed by atoms with Gasteiger partial charge in [0, 0.05) is 45.6 Å². The summed E-state index contributed by atoms with van der Waals surface area (Å²) in [5.41, 5.74) is -1.33. The molecule has 1 heterocycles. The largest absolute Gasteiger partial charge is 0.478 e. The van der Waals surface area contributed by atoms with Crippen molar-refractivity contribution >= 4 is 57.7 Å². The molecule has 2 fully saturated rings. The van der Waals surface area contributed by atoms with Crippen LogP contribution in [0.4, 0.5) is 37.7 Å². The van der Waals surface area contributed by atoms with Crippen molar-refractivity contribution in [2.75, 3.05) is 16.9 Å². The zero-order valence-electron chi connectivity index (χ0n) is 41.5. The number of aromatic carboxylic acids is 1. The fourth-order valence-electron chi connectivity index (χ4n) is 9.20. The van der Waals surface area contributed by atoms with E-state index in [2.05, 4.69) is 18.8 Å². The van der Waals surface area contributed by atoms with Gasteiger partial charge >= 0.3 is 24.3 Å². The van der Waals surface area contributed by atoms with Crippen LogP contribution in [0.1, 0.15) is 125 Å². The molecule has 73 heavy (non-hydrogen) atoms. The molecule has 0 aliphatic heterocycles. The van der Waals surface area contributed by atoms with Crippen molar-refractivity contribution < 1.29 is 64.8 Å². The number of aromatic nitrogens is 2. The summed E-state index contributed by atoms with van der Waals surface area (Å²) in [5.74, 6) is -2.35. The Morgan fingerprint density at radius 1 is 0.658 bits per heavy atom.